The number of hydrogen-bond donors (Lipinski definition) is 1. The van der Waals surface area contributed by atoms with Crippen LogP contribution in [0.1, 0.15) is 29.1 Å². The molecule has 1 atom stereocenters. The van der Waals surface area contributed by atoms with Crippen molar-refractivity contribution >= 4 is 11.8 Å². The maximum atomic E-state index is 11.0. The number of rotatable bonds is 4. The normalized spacial score (nSPS) is 18.4. The predicted octanol–water partition coefficient (Wildman–Crippen LogP) is 1.57. The van der Waals surface area contributed by atoms with E-state index in [0.717, 1.165) is 12.1 Å². The van der Waals surface area contributed by atoms with Crippen LogP contribution in [-0.4, -0.2) is 45.5 Å². The van der Waals surface area contributed by atoms with Crippen LogP contribution in [0.25, 0.3) is 0 Å². The number of carbonyl (C=O) groups is 1. The molecule has 2 aromatic rings. The topological polar surface area (TPSA) is 80.5 Å². The molecule has 0 spiro atoms. The summed E-state index contributed by atoms with van der Waals surface area (Å²) in [6, 6.07) is 5.03. The lowest BCUT2D eigenvalue weighted by Crippen LogP contribution is -2.38. The van der Waals surface area contributed by atoms with Gasteiger partial charge in [0.2, 0.25) is 0 Å². The van der Waals surface area contributed by atoms with E-state index in [2.05, 4.69) is 10.1 Å². The first-order valence-corrected chi connectivity index (χ1v) is 7.26. The number of ether oxygens (including phenoxy) is 1. The van der Waals surface area contributed by atoms with Crippen molar-refractivity contribution in [3.63, 3.8) is 0 Å². The highest BCUT2D eigenvalue weighted by Gasteiger charge is 2.24. The zero-order valence-electron chi connectivity index (χ0n) is 12.3. The third-order valence-corrected chi connectivity index (χ3v) is 3.69. The molecule has 0 saturated carbocycles. The molecule has 2 aromatic heterocycles. The van der Waals surface area contributed by atoms with Crippen LogP contribution in [0.3, 0.4) is 0 Å². The fraction of sp³-hybridized carbons (Fsp3) is 0.400. The first kappa shape index (κ1) is 14.5. The number of morpholine rings is 1. The maximum Gasteiger partial charge on any atom is 0.354 e. The van der Waals surface area contributed by atoms with Gasteiger partial charge in [-0.3, -0.25) is 4.68 Å². The quantitative estimate of drug-likeness (QED) is 0.923. The monoisotopic (exact) mass is 302 g/mol. The highest BCUT2D eigenvalue weighted by molar-refractivity contribution is 5.85. The fourth-order valence-electron chi connectivity index (χ4n) is 2.50. The van der Waals surface area contributed by atoms with Crippen LogP contribution < -0.4 is 4.90 Å². The summed E-state index contributed by atoms with van der Waals surface area (Å²) in [7, 11) is 0. The third kappa shape index (κ3) is 2.94. The second-order valence-electron chi connectivity index (χ2n) is 5.12. The summed E-state index contributed by atoms with van der Waals surface area (Å²) < 4.78 is 7.67. The molecule has 1 saturated heterocycles. The average Bonchev–Trinajstić information content (AvgIpc) is 3.04. The van der Waals surface area contributed by atoms with Crippen molar-refractivity contribution in [2.24, 2.45) is 0 Å². The second-order valence-corrected chi connectivity index (χ2v) is 5.12. The number of hydrogen-bond acceptors (Lipinski definition) is 5. The number of carboxylic acid groups (broad SMARTS) is 1. The number of nitrogens with zero attached hydrogens (tertiary/aromatic N) is 4. The lowest BCUT2D eigenvalue weighted by Gasteiger charge is -2.33. The average molecular weight is 302 g/mol. The first-order valence-electron chi connectivity index (χ1n) is 7.26. The second kappa shape index (κ2) is 6.15. The third-order valence-electron chi connectivity index (χ3n) is 3.69. The Morgan fingerprint density at radius 1 is 1.50 bits per heavy atom. The molecule has 1 fully saturated rings. The van der Waals surface area contributed by atoms with Gasteiger partial charge in [0.1, 0.15) is 11.9 Å². The van der Waals surface area contributed by atoms with Gasteiger partial charge in [-0.25, -0.2) is 9.78 Å². The van der Waals surface area contributed by atoms with Crippen molar-refractivity contribution in [2.45, 2.75) is 19.6 Å². The Kier molecular flexibility index (Phi) is 4.06. The minimum absolute atomic E-state index is 0.0549. The van der Waals surface area contributed by atoms with E-state index >= 15 is 0 Å². The van der Waals surface area contributed by atoms with Gasteiger partial charge < -0.3 is 14.7 Å². The molecular weight excluding hydrogens is 284 g/mol. The Morgan fingerprint density at radius 2 is 2.36 bits per heavy atom. The predicted molar refractivity (Wildman–Crippen MR) is 80.0 cm³/mol. The molecule has 1 N–H and O–H groups in total. The van der Waals surface area contributed by atoms with Crippen LogP contribution in [0, 0.1) is 0 Å². The van der Waals surface area contributed by atoms with Crippen LogP contribution in [0.2, 0.25) is 0 Å². The summed E-state index contributed by atoms with van der Waals surface area (Å²) in [5.74, 6) is -0.355. The summed E-state index contributed by atoms with van der Waals surface area (Å²) in [5.41, 5.74) is 1.08. The van der Waals surface area contributed by atoms with Crippen molar-refractivity contribution in [3.05, 3.63) is 41.9 Å². The molecule has 3 heterocycles. The molecule has 116 valence electrons. The van der Waals surface area contributed by atoms with Gasteiger partial charge in [0.05, 0.1) is 12.8 Å². The van der Waals surface area contributed by atoms with Crippen molar-refractivity contribution in [2.75, 3.05) is 24.6 Å². The van der Waals surface area contributed by atoms with Crippen molar-refractivity contribution in [1.29, 1.82) is 0 Å². The number of aromatic nitrogens is 3. The molecule has 0 aliphatic carbocycles. The zero-order chi connectivity index (χ0) is 15.5. The molecule has 7 nitrogen and oxygen atoms in total. The molecule has 0 bridgehead atoms. The minimum atomic E-state index is -1.02. The number of aryl methyl sites for hydroxylation is 1. The van der Waals surface area contributed by atoms with E-state index in [-0.39, 0.29) is 11.8 Å². The molecule has 0 radical (unpaired) electrons. The highest BCUT2D eigenvalue weighted by Crippen LogP contribution is 2.25. The Balaban J connectivity index is 1.78. The number of carboxylic acids is 1. The number of aromatic carboxylic acids is 1. The van der Waals surface area contributed by atoms with Gasteiger partial charge >= 0.3 is 5.97 Å². The molecule has 1 aliphatic heterocycles. The van der Waals surface area contributed by atoms with Gasteiger partial charge in [-0.15, -0.1) is 0 Å². The van der Waals surface area contributed by atoms with Crippen molar-refractivity contribution in [3.8, 4) is 0 Å². The van der Waals surface area contributed by atoms with Gasteiger partial charge in [0, 0.05) is 31.4 Å². The van der Waals surface area contributed by atoms with E-state index in [0.29, 0.717) is 25.5 Å². The van der Waals surface area contributed by atoms with E-state index in [4.69, 9.17) is 9.84 Å². The molecule has 7 heteroatoms. The van der Waals surface area contributed by atoms with E-state index < -0.39 is 5.97 Å². The standard InChI is InChI=1S/C15H18N4O3/c1-2-19-9-11(8-16-19)13-10-18(6-7-22-13)14-5-3-4-12(17-14)15(20)21/h3-5,8-9,13H,2,6-7,10H2,1H3,(H,20,21). The molecule has 1 aliphatic rings. The lowest BCUT2D eigenvalue weighted by atomic mass is 10.1. The fourth-order valence-corrected chi connectivity index (χ4v) is 2.50. The Hall–Kier alpha value is -2.41. The van der Waals surface area contributed by atoms with Gasteiger partial charge in [-0.05, 0) is 19.1 Å². The highest BCUT2D eigenvalue weighted by atomic mass is 16.5. The summed E-state index contributed by atoms with van der Waals surface area (Å²) in [5, 5.41) is 13.3. The summed E-state index contributed by atoms with van der Waals surface area (Å²) in [6.45, 7) is 4.74. The van der Waals surface area contributed by atoms with Crippen LogP contribution in [-0.2, 0) is 11.3 Å². The molecular formula is C15H18N4O3. The summed E-state index contributed by atoms with van der Waals surface area (Å²) >= 11 is 0. The van der Waals surface area contributed by atoms with Gasteiger partial charge in [0.15, 0.2) is 5.69 Å². The van der Waals surface area contributed by atoms with Crippen LogP contribution in [0.5, 0.6) is 0 Å². The molecule has 3 rings (SSSR count). The number of pyridine rings is 1. The first-order chi connectivity index (χ1) is 10.7. The van der Waals surface area contributed by atoms with Gasteiger partial charge in [-0.1, -0.05) is 6.07 Å². The van der Waals surface area contributed by atoms with E-state index in [1.807, 2.05) is 35.0 Å². The van der Waals surface area contributed by atoms with Crippen LogP contribution >= 0.6 is 0 Å². The largest absolute Gasteiger partial charge is 0.477 e. The minimum Gasteiger partial charge on any atom is -0.477 e. The zero-order valence-corrected chi connectivity index (χ0v) is 12.3. The van der Waals surface area contributed by atoms with E-state index in [1.54, 1.807) is 6.07 Å². The van der Waals surface area contributed by atoms with E-state index in [9.17, 15) is 4.79 Å². The van der Waals surface area contributed by atoms with Crippen molar-refractivity contribution in [1.82, 2.24) is 14.8 Å². The van der Waals surface area contributed by atoms with Crippen LogP contribution in [0.15, 0.2) is 30.6 Å². The maximum absolute atomic E-state index is 11.0. The Labute approximate surface area is 128 Å². The number of anilines is 1. The van der Waals surface area contributed by atoms with Gasteiger partial charge in [-0.2, -0.15) is 5.10 Å². The SMILES string of the molecule is CCn1cc(C2CN(c3cccc(C(=O)O)n3)CCO2)cn1. The Bertz CT molecular complexity index is 670. The van der Waals surface area contributed by atoms with Gasteiger partial charge in [0.25, 0.3) is 0 Å². The molecule has 1 unspecified atom stereocenters. The lowest BCUT2D eigenvalue weighted by molar-refractivity contribution is 0.0394. The summed E-state index contributed by atoms with van der Waals surface area (Å²) in [4.78, 5) is 17.3. The molecule has 22 heavy (non-hydrogen) atoms. The van der Waals surface area contributed by atoms with Crippen LogP contribution in [0.4, 0.5) is 5.82 Å². The summed E-state index contributed by atoms with van der Waals surface area (Å²) in [6.07, 6.45) is 3.72. The van der Waals surface area contributed by atoms with Crippen molar-refractivity contribution < 1.29 is 14.6 Å². The Morgan fingerprint density at radius 3 is 3.09 bits per heavy atom. The van der Waals surface area contributed by atoms with E-state index in [1.165, 1.54) is 6.07 Å². The molecule has 0 aromatic carbocycles. The molecule has 0 amide bonds. The smallest absolute Gasteiger partial charge is 0.354 e.